The van der Waals surface area contributed by atoms with E-state index >= 15 is 0 Å². The van der Waals surface area contributed by atoms with Crippen LogP contribution in [0.4, 0.5) is 0 Å². The van der Waals surface area contributed by atoms with E-state index in [1.807, 2.05) is 12.2 Å². The van der Waals surface area contributed by atoms with Crippen LogP contribution < -0.4 is 0 Å². The standard InChI is InChI=1S/C22H34O6/c1-2-3-4-5-6-7-8-9-10-11-18(24)21-16-19(25)20(28-21)14-12-17(23)13-15-22(26)27/h3-4,6-7,9-10,12,14,17-21,23-25H,2,5,8,11,13,15-16H2,1H3,(H,26,27)/b4-3-,7-6-,10-9-,14-12+/t17-,18-,19-,20-,21-/m0/s1. The van der Waals surface area contributed by atoms with Crippen molar-refractivity contribution in [2.24, 2.45) is 0 Å². The van der Waals surface area contributed by atoms with Crippen molar-refractivity contribution >= 4 is 5.97 Å². The monoisotopic (exact) mass is 394 g/mol. The lowest BCUT2D eigenvalue weighted by Crippen LogP contribution is -2.25. The second kappa shape index (κ2) is 14.3. The van der Waals surface area contributed by atoms with Gasteiger partial charge in [-0.15, -0.1) is 0 Å². The Morgan fingerprint density at radius 2 is 1.75 bits per heavy atom. The molecule has 6 heteroatoms. The van der Waals surface area contributed by atoms with E-state index in [2.05, 4.69) is 31.2 Å². The van der Waals surface area contributed by atoms with E-state index < -0.39 is 36.5 Å². The summed E-state index contributed by atoms with van der Waals surface area (Å²) in [5.74, 6) is -0.968. The van der Waals surface area contributed by atoms with E-state index in [0.717, 1.165) is 19.3 Å². The zero-order valence-corrected chi connectivity index (χ0v) is 16.6. The van der Waals surface area contributed by atoms with Crippen LogP contribution in [0.5, 0.6) is 0 Å². The maximum atomic E-state index is 10.5. The van der Waals surface area contributed by atoms with Crippen LogP contribution >= 0.6 is 0 Å². The van der Waals surface area contributed by atoms with Gasteiger partial charge in [0.25, 0.3) is 0 Å². The van der Waals surface area contributed by atoms with Gasteiger partial charge in [0.05, 0.1) is 24.4 Å². The highest BCUT2D eigenvalue weighted by atomic mass is 16.5. The van der Waals surface area contributed by atoms with Gasteiger partial charge in [-0.1, -0.05) is 55.5 Å². The number of carbonyl (C=O) groups is 1. The highest BCUT2D eigenvalue weighted by Crippen LogP contribution is 2.25. The molecule has 1 aliphatic heterocycles. The van der Waals surface area contributed by atoms with Crippen molar-refractivity contribution in [3.05, 3.63) is 48.6 Å². The zero-order valence-electron chi connectivity index (χ0n) is 16.6. The minimum absolute atomic E-state index is 0.106. The molecule has 0 unspecified atom stereocenters. The number of hydrogen-bond acceptors (Lipinski definition) is 5. The molecule has 0 radical (unpaired) electrons. The third kappa shape index (κ3) is 10.6. The molecule has 0 aromatic heterocycles. The van der Waals surface area contributed by atoms with Crippen molar-refractivity contribution in [2.45, 2.75) is 82.4 Å². The first-order valence-corrected chi connectivity index (χ1v) is 9.98. The Balaban J connectivity index is 2.31. The summed E-state index contributed by atoms with van der Waals surface area (Å²) < 4.78 is 5.67. The van der Waals surface area contributed by atoms with Crippen molar-refractivity contribution in [3.8, 4) is 0 Å². The lowest BCUT2D eigenvalue weighted by molar-refractivity contribution is -0.137. The largest absolute Gasteiger partial charge is 0.481 e. The molecule has 6 nitrogen and oxygen atoms in total. The summed E-state index contributed by atoms with van der Waals surface area (Å²) in [4.78, 5) is 10.5. The topological polar surface area (TPSA) is 107 Å². The average Bonchev–Trinajstić information content (AvgIpc) is 3.04. The van der Waals surface area contributed by atoms with E-state index in [0.29, 0.717) is 12.8 Å². The Labute approximate surface area is 167 Å². The molecule has 1 fully saturated rings. The third-order valence-corrected chi connectivity index (χ3v) is 4.45. The number of carboxylic acids is 1. The van der Waals surface area contributed by atoms with Crippen LogP contribution in [0.25, 0.3) is 0 Å². The fourth-order valence-electron chi connectivity index (χ4n) is 2.84. The van der Waals surface area contributed by atoms with Gasteiger partial charge in [-0.3, -0.25) is 4.79 Å². The lowest BCUT2D eigenvalue weighted by Gasteiger charge is -2.16. The summed E-state index contributed by atoms with van der Waals surface area (Å²) in [7, 11) is 0. The number of aliphatic carboxylic acids is 1. The SMILES string of the molecule is CC/C=C\C/C=C\C/C=C\C[C@H](O)[C@@H]1C[C@H](O)[C@H](/C=C/[C@H](O)CCC(=O)O)O1. The van der Waals surface area contributed by atoms with Crippen molar-refractivity contribution in [3.63, 3.8) is 0 Å². The molecule has 28 heavy (non-hydrogen) atoms. The molecular weight excluding hydrogens is 360 g/mol. The fourth-order valence-corrected chi connectivity index (χ4v) is 2.84. The number of aliphatic hydroxyl groups is 3. The number of ether oxygens (including phenoxy) is 1. The predicted molar refractivity (Wildman–Crippen MR) is 109 cm³/mol. The third-order valence-electron chi connectivity index (χ3n) is 4.45. The summed E-state index contributed by atoms with van der Waals surface area (Å²) in [6.07, 6.45) is 15.4. The molecule has 0 aromatic carbocycles. The molecule has 0 bridgehead atoms. The number of hydrogen-bond donors (Lipinski definition) is 4. The highest BCUT2D eigenvalue weighted by Gasteiger charge is 2.35. The first kappa shape index (κ1) is 24.3. The van der Waals surface area contributed by atoms with Crippen LogP contribution in [0.15, 0.2) is 48.6 Å². The van der Waals surface area contributed by atoms with Crippen LogP contribution in [0.1, 0.15) is 51.9 Å². The number of rotatable bonds is 13. The zero-order chi connectivity index (χ0) is 20.8. The van der Waals surface area contributed by atoms with E-state index in [-0.39, 0.29) is 12.8 Å². The molecule has 5 atom stereocenters. The molecule has 1 saturated heterocycles. The molecule has 0 aromatic rings. The van der Waals surface area contributed by atoms with Crippen LogP contribution in [-0.2, 0) is 9.53 Å². The smallest absolute Gasteiger partial charge is 0.303 e. The second-order valence-electron chi connectivity index (χ2n) is 6.92. The maximum absolute atomic E-state index is 10.5. The van der Waals surface area contributed by atoms with Gasteiger partial charge in [0.1, 0.15) is 6.10 Å². The molecule has 1 aliphatic rings. The van der Waals surface area contributed by atoms with Crippen LogP contribution in [0.3, 0.4) is 0 Å². The van der Waals surface area contributed by atoms with E-state index in [9.17, 15) is 20.1 Å². The van der Waals surface area contributed by atoms with Gasteiger partial charge < -0.3 is 25.2 Å². The van der Waals surface area contributed by atoms with Gasteiger partial charge in [-0.05, 0) is 32.1 Å². The number of carboxylic acid groups (broad SMARTS) is 1. The van der Waals surface area contributed by atoms with Gasteiger partial charge in [-0.25, -0.2) is 0 Å². The summed E-state index contributed by atoms with van der Waals surface area (Å²) in [6.45, 7) is 2.10. The van der Waals surface area contributed by atoms with Crippen molar-refractivity contribution in [2.75, 3.05) is 0 Å². The molecule has 1 heterocycles. The quantitative estimate of drug-likeness (QED) is 0.358. The van der Waals surface area contributed by atoms with Gasteiger partial charge in [0, 0.05) is 12.8 Å². The number of allylic oxidation sites excluding steroid dienone is 5. The summed E-state index contributed by atoms with van der Waals surface area (Å²) >= 11 is 0. The Hall–Kier alpha value is -1.73. The first-order chi connectivity index (χ1) is 13.4. The van der Waals surface area contributed by atoms with E-state index in [1.165, 1.54) is 12.2 Å². The maximum Gasteiger partial charge on any atom is 0.303 e. The van der Waals surface area contributed by atoms with Gasteiger partial charge >= 0.3 is 5.97 Å². The molecule has 4 N–H and O–H groups in total. The fraction of sp³-hybridized carbons (Fsp3) is 0.591. The summed E-state index contributed by atoms with van der Waals surface area (Å²) in [5, 5.41) is 38.6. The van der Waals surface area contributed by atoms with Gasteiger partial charge in [0.15, 0.2) is 0 Å². The summed E-state index contributed by atoms with van der Waals surface area (Å²) in [5.41, 5.74) is 0. The summed E-state index contributed by atoms with van der Waals surface area (Å²) in [6, 6.07) is 0. The Morgan fingerprint density at radius 3 is 2.39 bits per heavy atom. The molecule has 0 spiro atoms. The van der Waals surface area contributed by atoms with Gasteiger partial charge in [-0.2, -0.15) is 0 Å². The molecule has 0 aliphatic carbocycles. The van der Waals surface area contributed by atoms with Crippen LogP contribution in [0, 0.1) is 0 Å². The van der Waals surface area contributed by atoms with Crippen molar-refractivity contribution in [1.82, 2.24) is 0 Å². The minimum Gasteiger partial charge on any atom is -0.481 e. The van der Waals surface area contributed by atoms with Crippen LogP contribution in [0.2, 0.25) is 0 Å². The Bertz CT molecular complexity index is 551. The Kier molecular flexibility index (Phi) is 12.4. The molecule has 0 amide bonds. The predicted octanol–water partition coefficient (Wildman–Crippen LogP) is 2.90. The highest BCUT2D eigenvalue weighted by molar-refractivity contribution is 5.66. The second-order valence-corrected chi connectivity index (χ2v) is 6.92. The molecule has 0 saturated carbocycles. The van der Waals surface area contributed by atoms with E-state index in [1.54, 1.807) is 0 Å². The average molecular weight is 395 g/mol. The molecular formula is C22H34O6. The van der Waals surface area contributed by atoms with Crippen molar-refractivity contribution in [1.29, 1.82) is 0 Å². The first-order valence-electron chi connectivity index (χ1n) is 9.98. The lowest BCUT2D eigenvalue weighted by atomic mass is 10.0. The molecule has 158 valence electrons. The van der Waals surface area contributed by atoms with E-state index in [4.69, 9.17) is 9.84 Å². The number of aliphatic hydroxyl groups excluding tert-OH is 3. The molecule has 1 rings (SSSR count). The van der Waals surface area contributed by atoms with Crippen molar-refractivity contribution < 1.29 is 30.0 Å². The van der Waals surface area contributed by atoms with Gasteiger partial charge in [0.2, 0.25) is 0 Å². The minimum atomic E-state index is -0.968. The normalized spacial score (nSPS) is 25.5. The van der Waals surface area contributed by atoms with Crippen LogP contribution in [-0.4, -0.2) is 56.9 Å². The Morgan fingerprint density at radius 1 is 1.11 bits per heavy atom.